The summed E-state index contributed by atoms with van der Waals surface area (Å²) in [6, 6.07) is 8.38. The predicted octanol–water partition coefficient (Wildman–Crippen LogP) is 2.45. The zero-order valence-electron chi connectivity index (χ0n) is 8.55. The minimum atomic E-state index is 0.837. The summed E-state index contributed by atoms with van der Waals surface area (Å²) in [6.07, 6.45) is 3.98. The first-order valence-electron chi connectivity index (χ1n) is 5.02. The van der Waals surface area contributed by atoms with Crippen molar-refractivity contribution in [2.75, 3.05) is 11.6 Å². The maximum absolute atomic E-state index is 4.17. The van der Waals surface area contributed by atoms with Crippen LogP contribution in [0.1, 0.15) is 0 Å². The van der Waals surface area contributed by atoms with Crippen LogP contribution >= 0.6 is 11.3 Å². The molecule has 3 nitrogen and oxygen atoms in total. The monoisotopic (exact) mass is 228 g/mol. The van der Waals surface area contributed by atoms with E-state index in [2.05, 4.69) is 45.0 Å². The second-order valence-electron chi connectivity index (χ2n) is 3.52. The molecule has 1 N–H and O–H groups in total. The molecule has 0 fully saturated rings. The zero-order valence-corrected chi connectivity index (χ0v) is 9.37. The zero-order chi connectivity index (χ0) is 10.8. The summed E-state index contributed by atoms with van der Waals surface area (Å²) < 4.78 is 0. The van der Waals surface area contributed by atoms with Gasteiger partial charge in [-0.2, -0.15) is 0 Å². The summed E-state index contributed by atoms with van der Waals surface area (Å²) in [6.45, 7) is 0.837. The highest BCUT2D eigenvalue weighted by Gasteiger charge is 2.06. The lowest BCUT2D eigenvalue weighted by Gasteiger charge is -2.14. The molecule has 2 aromatic rings. The predicted molar refractivity (Wildman–Crippen MR) is 66.0 cm³/mol. The van der Waals surface area contributed by atoms with E-state index >= 15 is 0 Å². The van der Waals surface area contributed by atoms with Gasteiger partial charge in [0, 0.05) is 29.0 Å². The highest BCUT2D eigenvalue weighted by Crippen LogP contribution is 2.23. The molecular formula is C12H10N3S. The average Bonchev–Trinajstić information content (AvgIpc) is 3.03. The molecule has 3 rings (SSSR count). The largest absolute Gasteiger partial charge is 0.372 e. The van der Waals surface area contributed by atoms with Crippen molar-refractivity contribution in [3.63, 3.8) is 0 Å². The summed E-state index contributed by atoms with van der Waals surface area (Å²) in [5, 5.41) is 5.15. The van der Waals surface area contributed by atoms with Crippen LogP contribution < -0.4 is 10.2 Å². The Kier molecular flexibility index (Phi) is 2.34. The molecule has 1 aliphatic rings. The van der Waals surface area contributed by atoms with Crippen LogP contribution in [0.3, 0.4) is 0 Å². The Bertz CT molecular complexity index is 487. The number of hydrogen-bond donors (Lipinski definition) is 1. The van der Waals surface area contributed by atoms with E-state index in [-0.39, 0.29) is 0 Å². The van der Waals surface area contributed by atoms with Crippen LogP contribution in [0.5, 0.6) is 0 Å². The van der Waals surface area contributed by atoms with Crippen molar-refractivity contribution in [1.29, 1.82) is 0 Å². The van der Waals surface area contributed by atoms with E-state index in [0.717, 1.165) is 17.9 Å². The molecule has 0 unspecified atom stereocenters. The van der Waals surface area contributed by atoms with E-state index < -0.39 is 0 Å². The summed E-state index contributed by atoms with van der Waals surface area (Å²) in [5.74, 6) is 0. The van der Waals surface area contributed by atoms with Gasteiger partial charge in [0.05, 0.1) is 12.4 Å². The number of rotatable bonds is 2. The molecule has 0 amide bonds. The highest BCUT2D eigenvalue weighted by atomic mass is 32.1. The lowest BCUT2D eigenvalue weighted by atomic mass is 10.1. The second kappa shape index (κ2) is 3.98. The highest BCUT2D eigenvalue weighted by molar-refractivity contribution is 7.07. The summed E-state index contributed by atoms with van der Waals surface area (Å²) >= 11 is 1.50. The van der Waals surface area contributed by atoms with Gasteiger partial charge in [-0.25, -0.2) is 4.98 Å². The average molecular weight is 228 g/mol. The van der Waals surface area contributed by atoms with Crippen LogP contribution in [0.15, 0.2) is 42.0 Å². The molecule has 16 heavy (non-hydrogen) atoms. The maximum Gasteiger partial charge on any atom is 0.152 e. The van der Waals surface area contributed by atoms with Gasteiger partial charge in [0.15, 0.2) is 5.51 Å². The van der Waals surface area contributed by atoms with Crippen LogP contribution in [0, 0.1) is 5.51 Å². The van der Waals surface area contributed by atoms with Gasteiger partial charge in [-0.05, 0) is 12.1 Å². The van der Waals surface area contributed by atoms with Crippen LogP contribution in [0.25, 0.3) is 11.3 Å². The van der Waals surface area contributed by atoms with Gasteiger partial charge in [0.25, 0.3) is 0 Å². The number of benzene rings is 1. The standard InChI is InChI=1S/C12H10N3S/c1-3-11(15-6-5-13-8-15)4-2-10(1)12-7-16-9-14-12/h1-7,13H,8H2. The Balaban J connectivity index is 1.87. The van der Waals surface area contributed by atoms with Crippen LogP contribution in [-0.2, 0) is 0 Å². The number of anilines is 1. The van der Waals surface area contributed by atoms with Crippen molar-refractivity contribution in [1.82, 2.24) is 10.3 Å². The first kappa shape index (κ1) is 9.42. The Morgan fingerprint density at radius 1 is 1.31 bits per heavy atom. The molecule has 0 atom stereocenters. The molecular weight excluding hydrogens is 218 g/mol. The van der Waals surface area contributed by atoms with Crippen LogP contribution in [-0.4, -0.2) is 11.7 Å². The quantitative estimate of drug-likeness (QED) is 0.855. The lowest BCUT2D eigenvalue weighted by molar-refractivity contribution is 0.901. The van der Waals surface area contributed by atoms with Gasteiger partial charge >= 0.3 is 0 Å². The number of hydrogen-bond acceptors (Lipinski definition) is 4. The molecule has 0 aliphatic carbocycles. The van der Waals surface area contributed by atoms with Gasteiger partial charge in [-0.1, -0.05) is 12.1 Å². The molecule has 4 heteroatoms. The van der Waals surface area contributed by atoms with Crippen molar-refractivity contribution in [3.8, 4) is 11.3 Å². The summed E-state index contributed by atoms with van der Waals surface area (Å²) in [4.78, 5) is 6.32. The summed E-state index contributed by atoms with van der Waals surface area (Å²) in [5.41, 5.74) is 6.17. The fourth-order valence-corrected chi connectivity index (χ4v) is 2.17. The third-order valence-electron chi connectivity index (χ3n) is 2.52. The van der Waals surface area contributed by atoms with Crippen molar-refractivity contribution in [2.45, 2.75) is 0 Å². The number of aromatic nitrogens is 1. The first-order chi connectivity index (χ1) is 7.93. The Morgan fingerprint density at radius 2 is 2.19 bits per heavy atom. The molecule has 0 spiro atoms. The third-order valence-corrected chi connectivity index (χ3v) is 3.06. The lowest BCUT2D eigenvalue weighted by Crippen LogP contribution is -2.19. The van der Waals surface area contributed by atoms with E-state index in [9.17, 15) is 0 Å². The Hall–Kier alpha value is -1.81. The SMILES string of the molecule is [c]1nc(-c2ccc(N3C=CNC3)cc2)cs1. The minimum absolute atomic E-state index is 0.837. The third kappa shape index (κ3) is 1.67. The van der Waals surface area contributed by atoms with E-state index in [4.69, 9.17) is 0 Å². The molecule has 0 saturated heterocycles. The molecule has 79 valence electrons. The van der Waals surface area contributed by atoms with E-state index in [0.29, 0.717) is 0 Å². The summed E-state index contributed by atoms with van der Waals surface area (Å²) in [7, 11) is 0. The van der Waals surface area contributed by atoms with E-state index in [1.165, 1.54) is 17.0 Å². The normalized spacial score (nSPS) is 14.1. The Morgan fingerprint density at radius 3 is 2.81 bits per heavy atom. The van der Waals surface area contributed by atoms with Crippen LogP contribution in [0.4, 0.5) is 5.69 Å². The van der Waals surface area contributed by atoms with Crippen molar-refractivity contribution >= 4 is 17.0 Å². The molecule has 2 heterocycles. The maximum atomic E-state index is 4.17. The molecule has 1 radical (unpaired) electrons. The number of nitrogens with one attached hydrogen (secondary N) is 1. The second-order valence-corrected chi connectivity index (χ2v) is 4.17. The minimum Gasteiger partial charge on any atom is -0.372 e. The van der Waals surface area contributed by atoms with E-state index in [1.807, 2.05) is 17.8 Å². The van der Waals surface area contributed by atoms with Gasteiger partial charge in [-0.15, -0.1) is 11.3 Å². The van der Waals surface area contributed by atoms with Gasteiger partial charge in [0.2, 0.25) is 0 Å². The fraction of sp³-hybridized carbons (Fsp3) is 0.0833. The molecule has 0 bridgehead atoms. The van der Waals surface area contributed by atoms with E-state index in [1.54, 1.807) is 0 Å². The number of thiazole rings is 1. The Labute approximate surface area is 98.1 Å². The van der Waals surface area contributed by atoms with Gasteiger partial charge in [-0.3, -0.25) is 0 Å². The van der Waals surface area contributed by atoms with Crippen molar-refractivity contribution in [2.24, 2.45) is 0 Å². The fourth-order valence-electron chi connectivity index (χ4n) is 1.66. The first-order valence-corrected chi connectivity index (χ1v) is 5.90. The van der Waals surface area contributed by atoms with Crippen LogP contribution in [0.2, 0.25) is 0 Å². The smallest absolute Gasteiger partial charge is 0.152 e. The molecule has 0 saturated carbocycles. The van der Waals surface area contributed by atoms with Crippen molar-refractivity contribution < 1.29 is 0 Å². The van der Waals surface area contributed by atoms with Gasteiger partial charge < -0.3 is 10.2 Å². The topological polar surface area (TPSA) is 28.2 Å². The molecule has 1 aliphatic heterocycles. The van der Waals surface area contributed by atoms with Gasteiger partial charge in [0.1, 0.15) is 0 Å². The van der Waals surface area contributed by atoms with Crippen molar-refractivity contribution in [3.05, 3.63) is 47.6 Å². The molecule has 1 aromatic carbocycles. The number of nitrogens with zero attached hydrogens (tertiary/aromatic N) is 2. The molecule has 1 aromatic heterocycles.